The Kier molecular flexibility index (Phi) is 12.5. The zero-order chi connectivity index (χ0) is 38.1. The molecule has 0 unspecified atom stereocenters. The van der Waals surface area contributed by atoms with E-state index in [-0.39, 0.29) is 11.6 Å². The molecular formula is C38H40F3N7O5. The maximum Gasteiger partial charge on any atom is 0.490 e. The van der Waals surface area contributed by atoms with Crippen molar-refractivity contribution in [1.29, 1.82) is 0 Å². The number of anilines is 1. The second-order valence-electron chi connectivity index (χ2n) is 12.9. The first-order chi connectivity index (χ1) is 25.3. The molecule has 15 heteroatoms. The number of fused-ring (bicyclic) bond motifs is 2. The van der Waals surface area contributed by atoms with Gasteiger partial charge in [0.2, 0.25) is 0 Å². The zero-order valence-corrected chi connectivity index (χ0v) is 29.3. The number of amides is 1. The van der Waals surface area contributed by atoms with Crippen LogP contribution in [0.4, 0.5) is 19.0 Å². The summed E-state index contributed by atoms with van der Waals surface area (Å²) in [6.07, 6.45) is 6.56. The summed E-state index contributed by atoms with van der Waals surface area (Å²) in [6, 6.07) is 13.4. The molecule has 0 saturated carbocycles. The summed E-state index contributed by atoms with van der Waals surface area (Å²) in [5, 5.41) is 26.0. The smallest absolute Gasteiger partial charge is 0.477 e. The van der Waals surface area contributed by atoms with E-state index in [4.69, 9.17) is 20.1 Å². The van der Waals surface area contributed by atoms with Crippen LogP contribution < -0.4 is 5.32 Å². The van der Waals surface area contributed by atoms with Gasteiger partial charge in [-0.25, -0.2) is 19.6 Å². The predicted octanol–water partition coefficient (Wildman–Crippen LogP) is 7.36. The third-order valence-corrected chi connectivity index (χ3v) is 8.97. The van der Waals surface area contributed by atoms with Gasteiger partial charge in [-0.15, -0.1) is 0 Å². The second-order valence-corrected chi connectivity index (χ2v) is 12.9. The Morgan fingerprint density at radius 1 is 1.02 bits per heavy atom. The Morgan fingerprint density at radius 3 is 2.49 bits per heavy atom. The average molecular weight is 732 g/mol. The number of carboxylic acid groups (broad SMARTS) is 2. The first-order valence-corrected chi connectivity index (χ1v) is 17.3. The first-order valence-electron chi connectivity index (χ1n) is 17.3. The normalized spacial score (nSPS) is 14.4. The van der Waals surface area contributed by atoms with Gasteiger partial charge in [0.15, 0.2) is 0 Å². The summed E-state index contributed by atoms with van der Waals surface area (Å²) in [6.45, 7) is 3.89. The van der Waals surface area contributed by atoms with E-state index >= 15 is 0 Å². The highest BCUT2D eigenvalue weighted by Crippen LogP contribution is 2.32. The topological polar surface area (TPSA) is 166 Å². The van der Waals surface area contributed by atoms with Crippen molar-refractivity contribution >= 4 is 45.5 Å². The van der Waals surface area contributed by atoms with Crippen LogP contribution >= 0.6 is 0 Å². The maximum atomic E-state index is 13.3. The summed E-state index contributed by atoms with van der Waals surface area (Å²) in [5.74, 6) is 2.68. The number of nitrogens with one attached hydrogen (secondary N) is 2. The lowest BCUT2D eigenvalue weighted by atomic mass is 10.1. The number of aromatic carboxylic acids is 1. The summed E-state index contributed by atoms with van der Waals surface area (Å²) in [4.78, 5) is 47.4. The van der Waals surface area contributed by atoms with Crippen LogP contribution in [0.1, 0.15) is 95.2 Å². The molecule has 6 rings (SSSR count). The molecule has 1 fully saturated rings. The number of unbranched alkanes of at least 4 members (excludes halogenated alkanes) is 5. The van der Waals surface area contributed by atoms with Crippen LogP contribution in [0, 0.1) is 18.8 Å². The number of H-pyrrole nitrogens is 1. The van der Waals surface area contributed by atoms with Crippen LogP contribution in [-0.4, -0.2) is 77.5 Å². The molecule has 1 atom stereocenters. The van der Waals surface area contributed by atoms with E-state index < -0.39 is 18.1 Å². The quantitative estimate of drug-likeness (QED) is 0.0802. The molecule has 0 bridgehead atoms. The Labute approximate surface area is 303 Å². The van der Waals surface area contributed by atoms with Crippen LogP contribution in [0.3, 0.4) is 0 Å². The van der Waals surface area contributed by atoms with Gasteiger partial charge in [0.1, 0.15) is 11.5 Å². The molecule has 12 nitrogen and oxygen atoms in total. The monoisotopic (exact) mass is 731 g/mol. The number of carbonyl (C=O) groups is 3. The molecule has 5 aromatic rings. The number of aromatic nitrogens is 5. The first kappa shape index (κ1) is 38.5. The minimum Gasteiger partial charge on any atom is -0.477 e. The van der Waals surface area contributed by atoms with Crippen LogP contribution in [0.25, 0.3) is 21.8 Å². The van der Waals surface area contributed by atoms with Crippen LogP contribution in [0.2, 0.25) is 0 Å². The number of nitrogens with zero attached hydrogens (tertiary/aromatic N) is 5. The van der Waals surface area contributed by atoms with Crippen molar-refractivity contribution < 1.29 is 37.8 Å². The lowest BCUT2D eigenvalue weighted by Crippen LogP contribution is -2.21. The molecule has 0 radical (unpaired) electrons. The van der Waals surface area contributed by atoms with Gasteiger partial charge in [-0.1, -0.05) is 37.2 Å². The van der Waals surface area contributed by atoms with Crippen molar-refractivity contribution in [3.8, 4) is 11.8 Å². The second kappa shape index (κ2) is 17.2. The Bertz CT molecular complexity index is 2170. The number of hydrogen-bond donors (Lipinski definition) is 4. The van der Waals surface area contributed by atoms with Crippen molar-refractivity contribution in [2.75, 3.05) is 18.9 Å². The minimum absolute atomic E-state index is 0.00952. The molecule has 4 N–H and O–H groups in total. The third kappa shape index (κ3) is 10.2. The number of carbonyl (C=O) groups excluding carboxylic acids is 1. The number of likely N-dealkylation sites (tertiary alicyclic amines) is 1. The fourth-order valence-electron chi connectivity index (χ4n) is 6.23. The zero-order valence-electron chi connectivity index (χ0n) is 29.3. The standard InChI is InChI=1S/C36H39N7O3.C2HF3O2/c1-24-28-14-13-26(35(44)40-34-22-29-27(23-38-34)20-30(39-29)32-12-10-17-42(32)2)21-33(28)43(41-24)18-9-7-5-3-4-6-8-11-25-15-16-37-31(19-25)36(45)46;3-2(4,5)1(6)7/h13-16,19-23,32,39H,3-7,9-10,12,17-18H2,1-2H3,(H,45,46)(H,38,40,44);(H,6,7)/t32-;/m1./s1. The largest absolute Gasteiger partial charge is 0.490 e. The molecule has 1 saturated heterocycles. The molecule has 0 spiro atoms. The van der Waals surface area contributed by atoms with E-state index in [9.17, 15) is 22.8 Å². The van der Waals surface area contributed by atoms with E-state index in [0.29, 0.717) is 23.0 Å². The Morgan fingerprint density at radius 2 is 1.77 bits per heavy atom. The molecule has 278 valence electrons. The Hall–Kier alpha value is -5.75. The van der Waals surface area contributed by atoms with Gasteiger partial charge in [0.25, 0.3) is 5.91 Å². The molecule has 4 aromatic heterocycles. The van der Waals surface area contributed by atoms with Gasteiger partial charge < -0.3 is 20.5 Å². The minimum atomic E-state index is -5.08. The van der Waals surface area contributed by atoms with Crippen molar-refractivity contribution in [1.82, 2.24) is 29.6 Å². The van der Waals surface area contributed by atoms with E-state index in [2.05, 4.69) is 50.1 Å². The number of alkyl halides is 3. The van der Waals surface area contributed by atoms with Crippen LogP contribution in [-0.2, 0) is 11.3 Å². The number of benzene rings is 1. The van der Waals surface area contributed by atoms with E-state index in [1.165, 1.54) is 24.4 Å². The van der Waals surface area contributed by atoms with Gasteiger partial charge in [-0.05, 0) is 76.5 Å². The van der Waals surface area contributed by atoms with E-state index in [1.54, 1.807) is 6.07 Å². The Balaban J connectivity index is 0.000000705. The number of hydrogen-bond acceptors (Lipinski definition) is 7. The number of rotatable bonds is 11. The van der Waals surface area contributed by atoms with Crippen molar-refractivity contribution in [3.63, 3.8) is 0 Å². The molecule has 1 aliphatic rings. The highest BCUT2D eigenvalue weighted by molar-refractivity contribution is 6.06. The lowest BCUT2D eigenvalue weighted by Gasteiger charge is -2.17. The summed E-state index contributed by atoms with van der Waals surface area (Å²) < 4.78 is 33.7. The molecule has 1 aliphatic heterocycles. The molecule has 5 heterocycles. The van der Waals surface area contributed by atoms with Gasteiger partial charge >= 0.3 is 18.1 Å². The van der Waals surface area contributed by atoms with E-state index in [1.807, 2.05) is 42.1 Å². The van der Waals surface area contributed by atoms with Crippen molar-refractivity contribution in [2.24, 2.45) is 0 Å². The SMILES string of the molecule is Cc1nn(CCCCCCCC#Cc2ccnc(C(=O)O)c2)c2cc(C(=O)Nc3cc4[nH]c([C@H]5CCCN5C)cc4cn3)ccc12.O=C(O)C(F)(F)F. The lowest BCUT2D eigenvalue weighted by molar-refractivity contribution is -0.192. The highest BCUT2D eigenvalue weighted by atomic mass is 19.4. The fourth-order valence-corrected chi connectivity index (χ4v) is 6.23. The van der Waals surface area contributed by atoms with Gasteiger partial charge in [0, 0.05) is 65.1 Å². The molecule has 53 heavy (non-hydrogen) atoms. The van der Waals surface area contributed by atoms with Gasteiger partial charge in [0.05, 0.1) is 16.7 Å². The van der Waals surface area contributed by atoms with Crippen molar-refractivity contribution in [2.45, 2.75) is 77.1 Å². The third-order valence-electron chi connectivity index (χ3n) is 8.97. The van der Waals surface area contributed by atoms with E-state index in [0.717, 1.165) is 85.5 Å². The highest BCUT2D eigenvalue weighted by Gasteiger charge is 2.38. The molecule has 1 amide bonds. The molecule has 0 aliphatic carbocycles. The number of aliphatic carboxylic acids is 1. The van der Waals surface area contributed by atoms with Gasteiger partial charge in [-0.3, -0.25) is 14.4 Å². The molecule has 1 aromatic carbocycles. The maximum absolute atomic E-state index is 13.3. The summed E-state index contributed by atoms with van der Waals surface area (Å²) in [5.41, 5.74) is 5.33. The number of halogens is 3. The number of carboxylic acids is 2. The van der Waals surface area contributed by atoms with Crippen LogP contribution in [0.15, 0.2) is 54.9 Å². The molecular weight excluding hydrogens is 691 g/mol. The summed E-state index contributed by atoms with van der Waals surface area (Å²) in [7, 11) is 2.16. The number of aryl methyl sites for hydroxylation is 2. The van der Waals surface area contributed by atoms with Crippen LogP contribution in [0.5, 0.6) is 0 Å². The van der Waals surface area contributed by atoms with Crippen molar-refractivity contribution in [3.05, 3.63) is 83.1 Å². The number of pyridine rings is 2. The fraction of sp³-hybridized carbons (Fsp3) is 0.368. The average Bonchev–Trinajstić information content (AvgIpc) is 3.83. The predicted molar refractivity (Wildman–Crippen MR) is 193 cm³/mol. The van der Waals surface area contributed by atoms with Gasteiger partial charge in [-0.2, -0.15) is 18.3 Å². The summed E-state index contributed by atoms with van der Waals surface area (Å²) >= 11 is 0. The number of aromatic amines is 1.